The minimum Gasteiger partial charge on any atom is -0.480 e. The first-order valence-electron chi connectivity index (χ1n) is 6.25. The predicted molar refractivity (Wildman–Crippen MR) is 68.3 cm³/mol. The largest absolute Gasteiger partial charge is 0.480 e. The van der Waals surface area contributed by atoms with Gasteiger partial charge >= 0.3 is 5.97 Å². The normalized spacial score (nSPS) is 20.6. The van der Waals surface area contributed by atoms with E-state index in [1.807, 2.05) is 12.1 Å². The number of carbonyl (C=O) groups excluding carboxylic acids is 1. The van der Waals surface area contributed by atoms with Crippen molar-refractivity contribution in [2.24, 2.45) is 0 Å². The van der Waals surface area contributed by atoms with Crippen molar-refractivity contribution in [3.63, 3.8) is 0 Å². The van der Waals surface area contributed by atoms with Crippen LogP contribution in [-0.2, 0) is 16.1 Å². The number of carbonyl (C=O) groups is 2. The zero-order valence-corrected chi connectivity index (χ0v) is 10.7. The Bertz CT molecular complexity index is 463. The van der Waals surface area contributed by atoms with Crippen LogP contribution >= 0.6 is 0 Å². The van der Waals surface area contributed by atoms with Crippen LogP contribution in [0.4, 0.5) is 0 Å². The molecule has 6 nitrogen and oxygen atoms in total. The van der Waals surface area contributed by atoms with Crippen molar-refractivity contribution >= 4 is 11.9 Å². The van der Waals surface area contributed by atoms with Crippen molar-refractivity contribution < 1.29 is 14.7 Å². The fourth-order valence-corrected chi connectivity index (χ4v) is 2.15. The summed E-state index contributed by atoms with van der Waals surface area (Å²) >= 11 is 0. The molecule has 0 saturated carbocycles. The molecule has 1 aromatic rings. The van der Waals surface area contributed by atoms with Crippen molar-refractivity contribution in [3.05, 3.63) is 30.1 Å². The van der Waals surface area contributed by atoms with Gasteiger partial charge in [0.25, 0.3) is 0 Å². The second-order valence-corrected chi connectivity index (χ2v) is 4.62. The van der Waals surface area contributed by atoms with E-state index in [9.17, 15) is 9.59 Å². The van der Waals surface area contributed by atoms with Gasteiger partial charge in [-0.25, -0.2) is 4.79 Å². The zero-order chi connectivity index (χ0) is 13.8. The molecule has 1 aliphatic rings. The van der Waals surface area contributed by atoms with Crippen LogP contribution in [0.2, 0.25) is 0 Å². The van der Waals surface area contributed by atoms with Crippen LogP contribution in [0, 0.1) is 0 Å². The summed E-state index contributed by atoms with van der Waals surface area (Å²) in [6.07, 6.45) is 4.04. The fourth-order valence-electron chi connectivity index (χ4n) is 2.15. The molecule has 0 spiro atoms. The van der Waals surface area contributed by atoms with E-state index in [0.717, 1.165) is 5.56 Å². The Morgan fingerprint density at radius 2 is 2.26 bits per heavy atom. The molecule has 1 aromatic heterocycles. The number of aliphatic carboxylic acids is 1. The molecule has 1 aliphatic heterocycles. The van der Waals surface area contributed by atoms with Gasteiger partial charge in [0.05, 0.1) is 6.04 Å². The number of hydrogen-bond donors (Lipinski definition) is 2. The second kappa shape index (κ2) is 5.79. The molecule has 0 radical (unpaired) electrons. The van der Waals surface area contributed by atoms with Gasteiger partial charge in [-0.05, 0) is 31.0 Å². The molecule has 19 heavy (non-hydrogen) atoms. The molecular weight excluding hydrogens is 246 g/mol. The first-order valence-corrected chi connectivity index (χ1v) is 6.25. The number of aromatic nitrogens is 1. The number of amides is 1. The quantitative estimate of drug-likeness (QED) is 0.795. The van der Waals surface area contributed by atoms with Gasteiger partial charge in [0, 0.05) is 25.5 Å². The number of carboxylic acids is 1. The Morgan fingerprint density at radius 3 is 2.89 bits per heavy atom. The summed E-state index contributed by atoms with van der Waals surface area (Å²) in [5, 5.41) is 12.1. The van der Waals surface area contributed by atoms with Crippen molar-refractivity contribution in [3.8, 4) is 0 Å². The number of nitrogens with one attached hydrogen (secondary N) is 1. The molecule has 102 valence electrons. The minimum atomic E-state index is -0.969. The number of hydrogen-bond acceptors (Lipinski definition) is 4. The Morgan fingerprint density at radius 1 is 1.58 bits per heavy atom. The van der Waals surface area contributed by atoms with Crippen molar-refractivity contribution in [2.75, 3.05) is 6.54 Å². The molecular formula is C13H17N3O3. The molecule has 1 amide bonds. The molecule has 0 aromatic carbocycles. The van der Waals surface area contributed by atoms with Crippen molar-refractivity contribution in [1.29, 1.82) is 0 Å². The lowest BCUT2D eigenvalue weighted by Crippen LogP contribution is -2.44. The molecule has 0 bridgehead atoms. The van der Waals surface area contributed by atoms with Gasteiger partial charge in [-0.3, -0.25) is 9.78 Å². The topological polar surface area (TPSA) is 82.5 Å². The van der Waals surface area contributed by atoms with Gasteiger partial charge in [-0.1, -0.05) is 0 Å². The first kappa shape index (κ1) is 13.5. The van der Waals surface area contributed by atoms with Crippen molar-refractivity contribution in [2.45, 2.75) is 32.0 Å². The lowest BCUT2D eigenvalue weighted by molar-refractivity contribution is -0.147. The summed E-state index contributed by atoms with van der Waals surface area (Å²) < 4.78 is 0. The first-order chi connectivity index (χ1) is 9.09. The summed E-state index contributed by atoms with van der Waals surface area (Å²) in [5.41, 5.74) is 1.05. The number of carboxylic acid groups (broad SMARTS) is 1. The number of nitrogens with zero attached hydrogens (tertiary/aromatic N) is 2. The van der Waals surface area contributed by atoms with E-state index in [1.54, 1.807) is 12.4 Å². The SMILES string of the molecule is C[C@@H](C(=O)O)N1CC[C@H](NCc2ccncc2)C1=O. The summed E-state index contributed by atoms with van der Waals surface area (Å²) in [6, 6.07) is 2.70. The Hall–Kier alpha value is -1.95. The Balaban J connectivity index is 1.90. The van der Waals surface area contributed by atoms with E-state index in [-0.39, 0.29) is 11.9 Å². The van der Waals surface area contributed by atoms with Crippen LogP contribution in [-0.4, -0.2) is 45.5 Å². The molecule has 2 rings (SSSR count). The standard InChI is InChI=1S/C13H17N3O3/c1-9(13(18)19)16-7-4-11(12(16)17)15-8-10-2-5-14-6-3-10/h2-3,5-6,9,11,15H,4,7-8H2,1H3,(H,18,19)/t9-,11-/m0/s1. The van der Waals surface area contributed by atoms with E-state index < -0.39 is 12.0 Å². The summed E-state index contributed by atoms with van der Waals surface area (Å²) in [7, 11) is 0. The maximum absolute atomic E-state index is 12.1. The lowest BCUT2D eigenvalue weighted by atomic mass is 10.2. The van der Waals surface area contributed by atoms with Crippen LogP contribution < -0.4 is 5.32 Å². The lowest BCUT2D eigenvalue weighted by Gasteiger charge is -2.21. The summed E-state index contributed by atoms with van der Waals surface area (Å²) in [6.45, 7) is 2.60. The Kier molecular flexibility index (Phi) is 4.11. The van der Waals surface area contributed by atoms with Gasteiger partial charge in [0.1, 0.15) is 6.04 Å². The maximum atomic E-state index is 12.1. The summed E-state index contributed by atoms with van der Waals surface area (Å²) in [5.74, 6) is -1.10. The van der Waals surface area contributed by atoms with E-state index in [0.29, 0.717) is 19.5 Å². The van der Waals surface area contributed by atoms with Gasteiger partial charge in [-0.2, -0.15) is 0 Å². The van der Waals surface area contributed by atoms with Gasteiger partial charge < -0.3 is 15.3 Å². The second-order valence-electron chi connectivity index (χ2n) is 4.62. The van der Waals surface area contributed by atoms with Gasteiger partial charge in [0.2, 0.25) is 5.91 Å². The van der Waals surface area contributed by atoms with E-state index in [4.69, 9.17) is 5.11 Å². The fraction of sp³-hybridized carbons (Fsp3) is 0.462. The Labute approximate surface area is 111 Å². The van der Waals surface area contributed by atoms with Crippen molar-refractivity contribution in [1.82, 2.24) is 15.2 Å². The molecule has 0 unspecified atom stereocenters. The third kappa shape index (κ3) is 3.08. The molecule has 6 heteroatoms. The average Bonchev–Trinajstić information content (AvgIpc) is 2.78. The zero-order valence-electron chi connectivity index (χ0n) is 10.7. The third-order valence-electron chi connectivity index (χ3n) is 3.37. The molecule has 0 aliphatic carbocycles. The monoisotopic (exact) mass is 263 g/mol. The highest BCUT2D eigenvalue weighted by Gasteiger charge is 2.36. The van der Waals surface area contributed by atoms with Crippen LogP contribution in [0.3, 0.4) is 0 Å². The molecule has 2 N–H and O–H groups in total. The average molecular weight is 263 g/mol. The summed E-state index contributed by atoms with van der Waals surface area (Å²) in [4.78, 5) is 28.3. The predicted octanol–water partition coefficient (Wildman–Crippen LogP) is 0.245. The number of rotatable bonds is 5. The number of pyridine rings is 1. The minimum absolute atomic E-state index is 0.135. The molecule has 2 atom stereocenters. The molecule has 1 fully saturated rings. The third-order valence-corrected chi connectivity index (χ3v) is 3.37. The molecule has 2 heterocycles. The van der Waals surface area contributed by atoms with Crippen LogP contribution in [0.25, 0.3) is 0 Å². The smallest absolute Gasteiger partial charge is 0.326 e. The molecule has 1 saturated heterocycles. The van der Waals surface area contributed by atoms with Crippen LogP contribution in [0.1, 0.15) is 18.9 Å². The highest BCUT2D eigenvalue weighted by atomic mass is 16.4. The van der Waals surface area contributed by atoms with Gasteiger partial charge in [0.15, 0.2) is 0 Å². The van der Waals surface area contributed by atoms with Crippen LogP contribution in [0.5, 0.6) is 0 Å². The highest BCUT2D eigenvalue weighted by Crippen LogP contribution is 2.15. The number of likely N-dealkylation sites (tertiary alicyclic amines) is 1. The van der Waals surface area contributed by atoms with E-state index >= 15 is 0 Å². The van der Waals surface area contributed by atoms with Crippen LogP contribution in [0.15, 0.2) is 24.5 Å². The highest BCUT2D eigenvalue weighted by molar-refractivity contribution is 5.88. The van der Waals surface area contributed by atoms with Gasteiger partial charge in [-0.15, -0.1) is 0 Å². The maximum Gasteiger partial charge on any atom is 0.326 e. The van der Waals surface area contributed by atoms with E-state index in [2.05, 4.69) is 10.3 Å². The van der Waals surface area contributed by atoms with E-state index in [1.165, 1.54) is 11.8 Å².